The molecule has 28 heavy (non-hydrogen) atoms. The van der Waals surface area contributed by atoms with Gasteiger partial charge in [-0.05, 0) is 50.1 Å². The van der Waals surface area contributed by atoms with Gasteiger partial charge in [0.15, 0.2) is 5.78 Å². The molecule has 0 radical (unpaired) electrons. The van der Waals surface area contributed by atoms with Crippen LogP contribution in [-0.4, -0.2) is 29.0 Å². The van der Waals surface area contributed by atoms with Crippen molar-refractivity contribution in [2.75, 3.05) is 12.4 Å². The van der Waals surface area contributed by atoms with Gasteiger partial charge in [-0.2, -0.15) is 13.2 Å². The van der Waals surface area contributed by atoms with Crippen molar-refractivity contribution >= 4 is 23.3 Å². The number of rotatable bonds is 7. The summed E-state index contributed by atoms with van der Waals surface area (Å²) in [4.78, 5) is 17.3. The van der Waals surface area contributed by atoms with Crippen LogP contribution in [0.1, 0.15) is 38.7 Å². The van der Waals surface area contributed by atoms with Gasteiger partial charge in [-0.3, -0.25) is 4.79 Å². The number of allylic oxidation sites excluding steroid dienone is 2. The van der Waals surface area contributed by atoms with E-state index in [9.17, 15) is 27.5 Å². The molecule has 0 spiro atoms. The minimum atomic E-state index is -4.59. The number of hydrogen-bond donors (Lipinski definition) is 1. The lowest BCUT2D eigenvalue weighted by Gasteiger charge is -2.23. The van der Waals surface area contributed by atoms with Crippen molar-refractivity contribution in [2.45, 2.75) is 44.2 Å². The number of aliphatic hydroxyl groups excluding tert-OH is 1. The first-order valence-electron chi connectivity index (χ1n) is 8.75. The largest absolute Gasteiger partial charge is 0.511 e. The first kappa shape index (κ1) is 22.3. The van der Waals surface area contributed by atoms with Gasteiger partial charge in [0, 0.05) is 17.7 Å². The summed E-state index contributed by atoms with van der Waals surface area (Å²) < 4.78 is 51.6. The van der Waals surface area contributed by atoms with Crippen LogP contribution in [-0.2, 0) is 15.8 Å². The quantitative estimate of drug-likeness (QED) is 0.273. The molecule has 0 saturated carbocycles. The third-order valence-corrected chi connectivity index (χ3v) is 5.34. The summed E-state index contributed by atoms with van der Waals surface area (Å²) in [7, 11) is 0. The number of ketones is 1. The normalized spacial score (nSPS) is 18.6. The average Bonchev–Trinajstić information content (AvgIpc) is 2.59. The van der Waals surface area contributed by atoms with E-state index in [-0.39, 0.29) is 40.8 Å². The highest BCUT2D eigenvalue weighted by molar-refractivity contribution is 7.99. The smallest absolute Gasteiger partial charge is 0.416 e. The van der Waals surface area contributed by atoms with E-state index in [1.54, 1.807) is 13.8 Å². The number of carbonyl (C=O) groups excluding carboxylic acids is 1. The van der Waals surface area contributed by atoms with Crippen LogP contribution in [0.4, 0.5) is 17.6 Å². The lowest BCUT2D eigenvalue weighted by Crippen LogP contribution is -2.24. The van der Waals surface area contributed by atoms with Gasteiger partial charge in [-0.25, -0.2) is 4.39 Å². The first-order chi connectivity index (χ1) is 13.1. The number of oxime groups is 1. The number of Topliss-reactive ketones (excluding diaryl/α,β-unsaturated/α-hetero) is 1. The fourth-order valence-corrected chi connectivity index (χ4v) is 3.96. The van der Waals surface area contributed by atoms with Crippen LogP contribution < -0.4 is 0 Å². The van der Waals surface area contributed by atoms with Crippen molar-refractivity contribution < 1.29 is 32.3 Å². The molecule has 0 saturated heterocycles. The molecule has 0 aliphatic heterocycles. The summed E-state index contributed by atoms with van der Waals surface area (Å²) in [5.74, 6) is -0.920. The number of halogens is 4. The molecule has 0 aromatic heterocycles. The molecule has 1 aromatic rings. The van der Waals surface area contributed by atoms with Gasteiger partial charge < -0.3 is 9.94 Å². The molecule has 154 valence electrons. The Morgan fingerprint density at radius 1 is 1.36 bits per heavy atom. The molecule has 9 heteroatoms. The zero-order valence-corrected chi connectivity index (χ0v) is 16.3. The van der Waals surface area contributed by atoms with Crippen LogP contribution in [0.5, 0.6) is 0 Å². The lowest BCUT2D eigenvalue weighted by molar-refractivity contribution is -0.137. The SMILES string of the molecule is CCON=C(C)C1=C(O)CC(CCSc2ccc(C(F)(F)F)cc2F)CC1=O. The number of hydrogen-bond acceptors (Lipinski definition) is 5. The second-order valence-corrected chi connectivity index (χ2v) is 7.53. The monoisotopic (exact) mass is 419 g/mol. The van der Waals surface area contributed by atoms with Crippen LogP contribution >= 0.6 is 11.8 Å². The van der Waals surface area contributed by atoms with Crippen molar-refractivity contribution in [3.05, 3.63) is 40.9 Å². The Balaban J connectivity index is 1.95. The van der Waals surface area contributed by atoms with E-state index in [0.717, 1.165) is 23.9 Å². The van der Waals surface area contributed by atoms with Gasteiger partial charge in [-0.15, -0.1) is 11.8 Å². The van der Waals surface area contributed by atoms with E-state index in [0.29, 0.717) is 30.6 Å². The third kappa shape index (κ3) is 5.73. The second-order valence-electron chi connectivity index (χ2n) is 6.39. The number of carbonyl (C=O) groups is 1. The van der Waals surface area contributed by atoms with E-state index in [4.69, 9.17) is 4.84 Å². The van der Waals surface area contributed by atoms with Crippen molar-refractivity contribution in [1.29, 1.82) is 0 Å². The van der Waals surface area contributed by atoms with Crippen molar-refractivity contribution in [3.8, 4) is 0 Å². The molecule has 0 heterocycles. The van der Waals surface area contributed by atoms with Gasteiger partial charge in [-0.1, -0.05) is 5.16 Å². The maximum atomic E-state index is 13.9. The molecule has 4 nitrogen and oxygen atoms in total. The Morgan fingerprint density at radius 2 is 2.07 bits per heavy atom. The highest BCUT2D eigenvalue weighted by Crippen LogP contribution is 2.34. The van der Waals surface area contributed by atoms with Crippen molar-refractivity contribution in [3.63, 3.8) is 0 Å². The molecule has 1 atom stereocenters. The average molecular weight is 419 g/mol. The Kier molecular flexibility index (Phi) is 7.51. The van der Waals surface area contributed by atoms with Crippen molar-refractivity contribution in [2.24, 2.45) is 11.1 Å². The van der Waals surface area contributed by atoms with Crippen LogP contribution in [0.3, 0.4) is 0 Å². The van der Waals surface area contributed by atoms with Crippen LogP contribution in [0.15, 0.2) is 39.6 Å². The zero-order valence-electron chi connectivity index (χ0n) is 15.5. The van der Waals surface area contributed by atoms with E-state index < -0.39 is 17.6 Å². The van der Waals surface area contributed by atoms with Gasteiger partial charge in [0.1, 0.15) is 18.2 Å². The van der Waals surface area contributed by atoms with Crippen LogP contribution in [0.25, 0.3) is 0 Å². The minimum absolute atomic E-state index is 0.0482. The summed E-state index contributed by atoms with van der Waals surface area (Å²) in [6.45, 7) is 3.68. The van der Waals surface area contributed by atoms with Crippen LogP contribution in [0.2, 0.25) is 0 Å². The summed E-state index contributed by atoms with van der Waals surface area (Å²) >= 11 is 1.09. The fraction of sp³-hybridized carbons (Fsp3) is 0.474. The molecule has 0 bridgehead atoms. The second kappa shape index (κ2) is 9.45. The molecular weight excluding hydrogens is 398 g/mol. The predicted octanol–water partition coefficient (Wildman–Crippen LogP) is 5.53. The zero-order chi connectivity index (χ0) is 20.9. The highest BCUT2D eigenvalue weighted by Gasteiger charge is 2.31. The number of alkyl halides is 3. The number of thioether (sulfide) groups is 1. The topological polar surface area (TPSA) is 58.9 Å². The predicted molar refractivity (Wildman–Crippen MR) is 98.9 cm³/mol. The van der Waals surface area contributed by atoms with Gasteiger partial charge >= 0.3 is 6.18 Å². The number of nitrogens with zero attached hydrogens (tertiary/aromatic N) is 1. The highest BCUT2D eigenvalue weighted by atomic mass is 32.2. The van der Waals surface area contributed by atoms with E-state index in [1.807, 2.05) is 0 Å². The first-order valence-corrected chi connectivity index (χ1v) is 9.73. The summed E-state index contributed by atoms with van der Waals surface area (Å²) in [5.41, 5.74) is -0.533. The van der Waals surface area contributed by atoms with E-state index in [1.165, 1.54) is 0 Å². The Morgan fingerprint density at radius 3 is 2.64 bits per heavy atom. The van der Waals surface area contributed by atoms with Crippen molar-refractivity contribution in [1.82, 2.24) is 0 Å². The summed E-state index contributed by atoms with van der Waals surface area (Å²) in [6.07, 6.45) is -3.57. The molecule has 1 N–H and O–H groups in total. The molecule has 1 unspecified atom stereocenters. The number of aliphatic hydroxyl groups is 1. The van der Waals surface area contributed by atoms with Gasteiger partial charge in [0.2, 0.25) is 0 Å². The fourth-order valence-electron chi connectivity index (χ4n) is 2.92. The maximum Gasteiger partial charge on any atom is 0.416 e. The third-order valence-electron chi connectivity index (χ3n) is 4.26. The molecule has 1 aliphatic carbocycles. The Hall–Kier alpha value is -2.03. The summed E-state index contributed by atoms with van der Waals surface area (Å²) in [6, 6.07) is 2.43. The minimum Gasteiger partial charge on any atom is -0.511 e. The number of benzene rings is 1. The molecular formula is C19H21F4NO3S. The molecule has 0 amide bonds. The van der Waals surface area contributed by atoms with Gasteiger partial charge in [0.25, 0.3) is 0 Å². The van der Waals surface area contributed by atoms with Crippen LogP contribution in [0, 0.1) is 11.7 Å². The van der Waals surface area contributed by atoms with E-state index in [2.05, 4.69) is 5.16 Å². The molecule has 1 aliphatic rings. The maximum absolute atomic E-state index is 13.9. The molecule has 0 fully saturated rings. The Bertz CT molecular complexity index is 790. The lowest BCUT2D eigenvalue weighted by atomic mass is 9.84. The van der Waals surface area contributed by atoms with E-state index >= 15 is 0 Å². The Labute approximate surface area is 164 Å². The van der Waals surface area contributed by atoms with Gasteiger partial charge in [0.05, 0.1) is 16.8 Å². The standard InChI is InChI=1S/C19H21F4NO3S/c1-3-27-24-11(2)18-15(25)8-12(9-16(18)26)6-7-28-17-5-4-13(10-14(17)20)19(21,22)23/h4-5,10,12,25H,3,6-9H2,1-2H3. The summed E-state index contributed by atoms with van der Waals surface area (Å²) in [5, 5.41) is 14.0. The molecule has 1 aromatic carbocycles. The molecule has 2 rings (SSSR count).